The summed E-state index contributed by atoms with van der Waals surface area (Å²) < 4.78 is 5.11. The molecule has 0 rings (SSSR count). The van der Waals surface area contributed by atoms with E-state index in [-0.39, 0.29) is 5.54 Å². The summed E-state index contributed by atoms with van der Waals surface area (Å²) in [6.07, 6.45) is 2.48. The van der Waals surface area contributed by atoms with E-state index >= 15 is 0 Å². The molecule has 0 saturated heterocycles. The molecule has 0 spiro atoms. The predicted octanol–water partition coefficient (Wildman–Crippen LogP) is 1.13. The molecule has 0 bridgehead atoms. The van der Waals surface area contributed by atoms with E-state index in [1.165, 1.54) is 0 Å². The average Bonchev–Trinajstić information content (AvgIpc) is 2.01. The maximum absolute atomic E-state index is 5.85. The Kier molecular flexibility index (Phi) is 6.29. The Bertz CT molecular complexity index is 121. The third kappa shape index (κ3) is 9.80. The van der Waals surface area contributed by atoms with Crippen molar-refractivity contribution in [3.63, 3.8) is 0 Å². The highest BCUT2D eigenvalue weighted by Crippen LogP contribution is 2.05. The second-order valence-electron chi connectivity index (χ2n) is 4.34. The van der Waals surface area contributed by atoms with Crippen molar-refractivity contribution in [1.82, 2.24) is 5.32 Å². The maximum atomic E-state index is 5.85. The van der Waals surface area contributed by atoms with Gasteiger partial charge in [-0.1, -0.05) is 0 Å². The standard InChI is InChI=1S/C10H24N2O/c1-9(13-4)8-12-7-5-6-10(2,3)11/h9,12H,5-8,11H2,1-4H3. The van der Waals surface area contributed by atoms with Crippen LogP contribution in [0.25, 0.3) is 0 Å². The van der Waals surface area contributed by atoms with E-state index in [1.807, 2.05) is 0 Å². The molecule has 13 heavy (non-hydrogen) atoms. The summed E-state index contributed by atoms with van der Waals surface area (Å²) in [6.45, 7) is 8.12. The van der Waals surface area contributed by atoms with E-state index in [2.05, 4.69) is 26.1 Å². The van der Waals surface area contributed by atoms with Gasteiger partial charge in [0.1, 0.15) is 0 Å². The highest BCUT2D eigenvalue weighted by atomic mass is 16.5. The third-order valence-electron chi connectivity index (χ3n) is 2.01. The molecule has 3 nitrogen and oxygen atoms in total. The van der Waals surface area contributed by atoms with Crippen molar-refractivity contribution in [1.29, 1.82) is 0 Å². The summed E-state index contributed by atoms with van der Waals surface area (Å²) in [7, 11) is 1.73. The van der Waals surface area contributed by atoms with Crippen LogP contribution in [0.1, 0.15) is 33.6 Å². The molecular weight excluding hydrogens is 164 g/mol. The minimum atomic E-state index is -0.0332. The second kappa shape index (κ2) is 6.35. The molecule has 0 aromatic carbocycles. The van der Waals surface area contributed by atoms with Gasteiger partial charge < -0.3 is 15.8 Å². The van der Waals surface area contributed by atoms with E-state index in [0.717, 1.165) is 25.9 Å². The van der Waals surface area contributed by atoms with Gasteiger partial charge in [0.05, 0.1) is 6.10 Å². The van der Waals surface area contributed by atoms with Crippen molar-refractivity contribution in [3.05, 3.63) is 0 Å². The zero-order valence-corrected chi connectivity index (χ0v) is 9.39. The van der Waals surface area contributed by atoms with Crippen LogP contribution in [0, 0.1) is 0 Å². The van der Waals surface area contributed by atoms with Gasteiger partial charge in [-0.2, -0.15) is 0 Å². The molecule has 3 heteroatoms. The van der Waals surface area contributed by atoms with Gasteiger partial charge in [0.15, 0.2) is 0 Å². The number of hydrogen-bond donors (Lipinski definition) is 2. The lowest BCUT2D eigenvalue weighted by Gasteiger charge is -2.18. The Balaban J connectivity index is 3.18. The third-order valence-corrected chi connectivity index (χ3v) is 2.01. The lowest BCUT2D eigenvalue weighted by atomic mass is 10.0. The minimum absolute atomic E-state index is 0.0332. The molecule has 0 aliphatic rings. The highest BCUT2D eigenvalue weighted by molar-refractivity contribution is 4.71. The van der Waals surface area contributed by atoms with Crippen molar-refractivity contribution >= 4 is 0 Å². The lowest BCUT2D eigenvalue weighted by molar-refractivity contribution is 0.117. The molecule has 1 atom stereocenters. The minimum Gasteiger partial charge on any atom is -0.380 e. The van der Waals surface area contributed by atoms with Crippen LogP contribution in [0.3, 0.4) is 0 Å². The first-order chi connectivity index (χ1) is 5.95. The van der Waals surface area contributed by atoms with Crippen LogP contribution >= 0.6 is 0 Å². The average molecular weight is 188 g/mol. The molecule has 0 heterocycles. The molecule has 0 radical (unpaired) electrons. The normalized spacial score (nSPS) is 14.5. The number of rotatable bonds is 7. The second-order valence-corrected chi connectivity index (χ2v) is 4.34. The van der Waals surface area contributed by atoms with Crippen LogP contribution in [-0.4, -0.2) is 31.8 Å². The number of hydrogen-bond acceptors (Lipinski definition) is 3. The van der Waals surface area contributed by atoms with Crippen LogP contribution in [-0.2, 0) is 4.74 Å². The molecule has 0 amide bonds. The molecule has 0 aliphatic carbocycles. The number of nitrogens with one attached hydrogen (secondary N) is 1. The van der Waals surface area contributed by atoms with Crippen LogP contribution in [0.4, 0.5) is 0 Å². The summed E-state index contributed by atoms with van der Waals surface area (Å²) >= 11 is 0. The van der Waals surface area contributed by atoms with E-state index in [0.29, 0.717) is 6.10 Å². The largest absolute Gasteiger partial charge is 0.380 e. The molecule has 0 saturated carbocycles. The van der Waals surface area contributed by atoms with Crippen molar-refractivity contribution < 1.29 is 4.74 Å². The van der Waals surface area contributed by atoms with Gasteiger partial charge in [-0.05, 0) is 40.2 Å². The van der Waals surface area contributed by atoms with Crippen LogP contribution in [0.15, 0.2) is 0 Å². The van der Waals surface area contributed by atoms with Gasteiger partial charge in [0, 0.05) is 19.2 Å². The fourth-order valence-electron chi connectivity index (χ4n) is 1.06. The first-order valence-corrected chi connectivity index (χ1v) is 4.98. The zero-order chi connectivity index (χ0) is 10.3. The molecule has 0 aromatic heterocycles. The monoisotopic (exact) mass is 188 g/mol. The summed E-state index contributed by atoms with van der Waals surface area (Å²) in [5.74, 6) is 0. The summed E-state index contributed by atoms with van der Waals surface area (Å²) in [4.78, 5) is 0. The topological polar surface area (TPSA) is 47.3 Å². The van der Waals surface area contributed by atoms with E-state index in [4.69, 9.17) is 10.5 Å². The summed E-state index contributed by atoms with van der Waals surface area (Å²) in [6, 6.07) is 0. The smallest absolute Gasteiger partial charge is 0.0667 e. The predicted molar refractivity (Wildman–Crippen MR) is 56.8 cm³/mol. The van der Waals surface area contributed by atoms with Gasteiger partial charge in [-0.15, -0.1) is 0 Å². The Morgan fingerprint density at radius 1 is 1.46 bits per heavy atom. The number of methoxy groups -OCH3 is 1. The molecular formula is C10H24N2O. The van der Waals surface area contributed by atoms with Gasteiger partial charge >= 0.3 is 0 Å². The molecule has 3 N–H and O–H groups in total. The van der Waals surface area contributed by atoms with Crippen molar-refractivity contribution in [2.75, 3.05) is 20.2 Å². The highest BCUT2D eigenvalue weighted by Gasteiger charge is 2.08. The molecule has 80 valence electrons. The van der Waals surface area contributed by atoms with Crippen LogP contribution in [0.5, 0.6) is 0 Å². The SMILES string of the molecule is COC(C)CNCCCC(C)(C)N. The first kappa shape index (κ1) is 12.9. The Hall–Kier alpha value is -0.120. The van der Waals surface area contributed by atoms with E-state index in [9.17, 15) is 0 Å². The summed E-state index contributed by atoms with van der Waals surface area (Å²) in [5, 5.41) is 3.33. The molecule has 1 unspecified atom stereocenters. The van der Waals surface area contributed by atoms with E-state index in [1.54, 1.807) is 7.11 Å². The van der Waals surface area contributed by atoms with Crippen LogP contribution in [0.2, 0.25) is 0 Å². The fourth-order valence-corrected chi connectivity index (χ4v) is 1.06. The number of ether oxygens (including phenoxy) is 1. The van der Waals surface area contributed by atoms with Crippen LogP contribution < -0.4 is 11.1 Å². The van der Waals surface area contributed by atoms with Crippen molar-refractivity contribution in [3.8, 4) is 0 Å². The van der Waals surface area contributed by atoms with Gasteiger partial charge in [0.25, 0.3) is 0 Å². The zero-order valence-electron chi connectivity index (χ0n) is 9.39. The van der Waals surface area contributed by atoms with Gasteiger partial charge in [-0.25, -0.2) is 0 Å². The van der Waals surface area contributed by atoms with E-state index < -0.39 is 0 Å². The Labute approximate surface area is 82.0 Å². The van der Waals surface area contributed by atoms with Gasteiger partial charge in [0.2, 0.25) is 0 Å². The number of nitrogens with two attached hydrogens (primary N) is 1. The Morgan fingerprint density at radius 2 is 2.08 bits per heavy atom. The lowest BCUT2D eigenvalue weighted by Crippen LogP contribution is -2.33. The first-order valence-electron chi connectivity index (χ1n) is 4.98. The maximum Gasteiger partial charge on any atom is 0.0667 e. The van der Waals surface area contributed by atoms with Gasteiger partial charge in [-0.3, -0.25) is 0 Å². The molecule has 0 fully saturated rings. The van der Waals surface area contributed by atoms with Crippen molar-refractivity contribution in [2.24, 2.45) is 5.73 Å². The quantitative estimate of drug-likeness (QED) is 0.589. The Morgan fingerprint density at radius 3 is 2.54 bits per heavy atom. The molecule has 0 aliphatic heterocycles. The molecule has 0 aromatic rings. The fraction of sp³-hybridized carbons (Fsp3) is 1.00. The van der Waals surface area contributed by atoms with Crippen molar-refractivity contribution in [2.45, 2.75) is 45.3 Å². The summed E-state index contributed by atoms with van der Waals surface area (Å²) in [5.41, 5.74) is 5.82.